The molecule has 1 aromatic carbocycles. The van der Waals surface area contributed by atoms with Gasteiger partial charge in [-0.25, -0.2) is 18.0 Å². The van der Waals surface area contributed by atoms with Crippen molar-refractivity contribution in [1.82, 2.24) is 4.98 Å². The maximum absolute atomic E-state index is 13.9. The summed E-state index contributed by atoms with van der Waals surface area (Å²) in [6, 6.07) is 2.45. The Morgan fingerprint density at radius 2 is 1.83 bits per heavy atom. The van der Waals surface area contributed by atoms with Gasteiger partial charge in [0.2, 0.25) is 0 Å². The standard InChI is InChI=1S/C13H6ClF3N2O4/c14-7-2-1-4(12(21)19-7)11(20)18-6-3-5(15)9(16)8(10(6)17)13(22)23/h1-3H,(H,18,20)(H,19,21)(H,22,23). The number of aromatic carboxylic acids is 1. The van der Waals surface area contributed by atoms with E-state index in [2.05, 4.69) is 4.98 Å². The molecule has 2 rings (SSSR count). The summed E-state index contributed by atoms with van der Waals surface area (Å²) < 4.78 is 40.5. The number of amides is 1. The Labute approximate surface area is 130 Å². The highest BCUT2D eigenvalue weighted by molar-refractivity contribution is 6.29. The Kier molecular flexibility index (Phi) is 4.41. The zero-order valence-electron chi connectivity index (χ0n) is 10.9. The van der Waals surface area contributed by atoms with Crippen molar-refractivity contribution in [3.8, 4) is 0 Å². The van der Waals surface area contributed by atoms with Crippen LogP contribution in [-0.4, -0.2) is 22.0 Å². The van der Waals surface area contributed by atoms with E-state index < -0.39 is 51.7 Å². The minimum absolute atomic E-state index is 0.0567. The minimum Gasteiger partial charge on any atom is -0.477 e. The molecule has 0 saturated heterocycles. The van der Waals surface area contributed by atoms with E-state index >= 15 is 0 Å². The quantitative estimate of drug-likeness (QED) is 0.587. The molecule has 6 nitrogen and oxygen atoms in total. The topological polar surface area (TPSA) is 99.3 Å². The number of hydrogen-bond donors (Lipinski definition) is 3. The Balaban J connectivity index is 2.46. The number of anilines is 1. The highest BCUT2D eigenvalue weighted by Gasteiger charge is 2.25. The predicted octanol–water partition coefficient (Wildman–Crippen LogP) is 2.40. The third-order valence-electron chi connectivity index (χ3n) is 2.74. The van der Waals surface area contributed by atoms with Gasteiger partial charge in [-0.2, -0.15) is 0 Å². The maximum Gasteiger partial charge on any atom is 0.341 e. The number of carboxylic acids is 1. The highest BCUT2D eigenvalue weighted by Crippen LogP contribution is 2.24. The lowest BCUT2D eigenvalue weighted by Gasteiger charge is -2.09. The number of hydrogen-bond acceptors (Lipinski definition) is 3. The Hall–Kier alpha value is -2.81. The zero-order chi connectivity index (χ0) is 17.3. The third kappa shape index (κ3) is 3.19. The average Bonchev–Trinajstić information content (AvgIpc) is 2.44. The molecule has 120 valence electrons. The van der Waals surface area contributed by atoms with Crippen LogP contribution in [0.1, 0.15) is 20.7 Å². The number of carboxylic acid groups (broad SMARTS) is 1. The predicted molar refractivity (Wildman–Crippen MR) is 73.3 cm³/mol. The van der Waals surface area contributed by atoms with Gasteiger partial charge in [-0.15, -0.1) is 0 Å². The van der Waals surface area contributed by atoms with Crippen LogP contribution in [0.15, 0.2) is 23.0 Å². The van der Waals surface area contributed by atoms with E-state index in [4.69, 9.17) is 16.7 Å². The normalized spacial score (nSPS) is 10.4. The monoisotopic (exact) mass is 346 g/mol. The van der Waals surface area contributed by atoms with Gasteiger partial charge in [0.1, 0.15) is 16.3 Å². The molecule has 23 heavy (non-hydrogen) atoms. The van der Waals surface area contributed by atoms with Gasteiger partial charge in [-0.3, -0.25) is 9.59 Å². The fraction of sp³-hybridized carbons (Fsp3) is 0. The van der Waals surface area contributed by atoms with E-state index in [1.807, 2.05) is 0 Å². The smallest absolute Gasteiger partial charge is 0.341 e. The van der Waals surface area contributed by atoms with Gasteiger partial charge in [0.25, 0.3) is 11.5 Å². The van der Waals surface area contributed by atoms with Gasteiger partial charge in [0.15, 0.2) is 17.5 Å². The summed E-state index contributed by atoms with van der Waals surface area (Å²) in [6.07, 6.45) is 0. The molecule has 2 aromatic rings. The minimum atomic E-state index is -2.06. The second-order valence-corrected chi connectivity index (χ2v) is 4.62. The van der Waals surface area contributed by atoms with Crippen molar-refractivity contribution >= 4 is 29.2 Å². The molecule has 0 aliphatic heterocycles. The van der Waals surface area contributed by atoms with Crippen molar-refractivity contribution in [1.29, 1.82) is 0 Å². The molecule has 0 radical (unpaired) electrons. The molecule has 0 aliphatic carbocycles. The summed E-state index contributed by atoms with van der Waals surface area (Å²) in [7, 11) is 0. The Bertz CT molecular complexity index is 882. The molecular formula is C13H6ClF3N2O4. The van der Waals surface area contributed by atoms with Gasteiger partial charge < -0.3 is 15.4 Å². The zero-order valence-corrected chi connectivity index (χ0v) is 11.7. The number of nitrogens with one attached hydrogen (secondary N) is 2. The van der Waals surface area contributed by atoms with Gasteiger partial charge in [0, 0.05) is 6.07 Å². The number of benzene rings is 1. The first-order chi connectivity index (χ1) is 10.7. The molecule has 0 spiro atoms. The number of carbonyl (C=O) groups excluding carboxylic acids is 1. The molecule has 1 aromatic heterocycles. The van der Waals surface area contributed by atoms with Gasteiger partial charge in [-0.1, -0.05) is 11.6 Å². The fourth-order valence-corrected chi connectivity index (χ4v) is 1.85. The first-order valence-electron chi connectivity index (χ1n) is 5.83. The summed E-state index contributed by atoms with van der Waals surface area (Å²) in [5.74, 6) is -8.49. The molecule has 0 aliphatic rings. The van der Waals surface area contributed by atoms with E-state index in [0.29, 0.717) is 0 Å². The van der Waals surface area contributed by atoms with Crippen molar-refractivity contribution in [3.63, 3.8) is 0 Å². The molecule has 1 amide bonds. The van der Waals surface area contributed by atoms with Crippen LogP contribution in [0.4, 0.5) is 18.9 Å². The average molecular weight is 347 g/mol. The lowest BCUT2D eigenvalue weighted by atomic mass is 10.1. The van der Waals surface area contributed by atoms with Crippen LogP contribution >= 0.6 is 11.6 Å². The molecule has 3 N–H and O–H groups in total. The summed E-state index contributed by atoms with van der Waals surface area (Å²) in [6.45, 7) is 0. The van der Waals surface area contributed by atoms with E-state index in [0.717, 1.165) is 6.07 Å². The second kappa shape index (κ2) is 6.13. The number of pyridine rings is 1. The Morgan fingerprint density at radius 3 is 2.39 bits per heavy atom. The van der Waals surface area contributed by atoms with Crippen molar-refractivity contribution < 1.29 is 27.9 Å². The molecule has 0 bridgehead atoms. The number of aromatic nitrogens is 1. The van der Waals surface area contributed by atoms with Crippen molar-refractivity contribution in [2.75, 3.05) is 5.32 Å². The van der Waals surface area contributed by atoms with Crippen molar-refractivity contribution in [3.05, 3.63) is 62.3 Å². The number of halogens is 4. The number of aromatic amines is 1. The molecular weight excluding hydrogens is 341 g/mol. The number of rotatable bonds is 3. The Morgan fingerprint density at radius 1 is 1.17 bits per heavy atom. The van der Waals surface area contributed by atoms with Gasteiger partial charge >= 0.3 is 5.97 Å². The fourth-order valence-electron chi connectivity index (χ4n) is 1.70. The summed E-state index contributed by atoms with van der Waals surface area (Å²) in [4.78, 5) is 36.3. The van der Waals surface area contributed by atoms with Crippen LogP contribution in [0.25, 0.3) is 0 Å². The van der Waals surface area contributed by atoms with Gasteiger partial charge in [-0.05, 0) is 12.1 Å². The van der Waals surface area contributed by atoms with Crippen LogP contribution in [0, 0.1) is 17.5 Å². The van der Waals surface area contributed by atoms with Crippen LogP contribution in [0.2, 0.25) is 5.15 Å². The summed E-state index contributed by atoms with van der Waals surface area (Å²) >= 11 is 5.50. The number of H-pyrrole nitrogens is 1. The first-order valence-corrected chi connectivity index (χ1v) is 6.21. The molecule has 0 fully saturated rings. The van der Waals surface area contributed by atoms with E-state index in [-0.39, 0.29) is 11.2 Å². The molecule has 1 heterocycles. The van der Waals surface area contributed by atoms with Gasteiger partial charge in [0.05, 0.1) is 5.69 Å². The van der Waals surface area contributed by atoms with E-state index in [9.17, 15) is 27.6 Å². The van der Waals surface area contributed by atoms with Crippen molar-refractivity contribution in [2.24, 2.45) is 0 Å². The lowest BCUT2D eigenvalue weighted by Crippen LogP contribution is -2.24. The highest BCUT2D eigenvalue weighted by atomic mass is 35.5. The van der Waals surface area contributed by atoms with E-state index in [1.165, 1.54) is 6.07 Å². The largest absolute Gasteiger partial charge is 0.477 e. The molecule has 0 atom stereocenters. The first kappa shape index (κ1) is 16.6. The summed E-state index contributed by atoms with van der Waals surface area (Å²) in [5.41, 5.74) is -3.89. The van der Waals surface area contributed by atoms with Crippen LogP contribution in [0.3, 0.4) is 0 Å². The number of carbonyl (C=O) groups is 2. The molecule has 0 unspecified atom stereocenters. The third-order valence-corrected chi connectivity index (χ3v) is 2.96. The molecule has 0 saturated carbocycles. The van der Waals surface area contributed by atoms with E-state index in [1.54, 1.807) is 5.32 Å². The van der Waals surface area contributed by atoms with Crippen LogP contribution < -0.4 is 10.9 Å². The summed E-state index contributed by atoms with van der Waals surface area (Å²) in [5, 5.41) is 10.4. The SMILES string of the molecule is O=C(O)c1c(F)c(F)cc(NC(=O)c2ccc(Cl)[nH]c2=O)c1F. The molecule has 10 heteroatoms. The van der Waals surface area contributed by atoms with Crippen LogP contribution in [-0.2, 0) is 0 Å². The second-order valence-electron chi connectivity index (χ2n) is 4.22. The lowest BCUT2D eigenvalue weighted by molar-refractivity contribution is 0.0684. The van der Waals surface area contributed by atoms with Crippen LogP contribution in [0.5, 0.6) is 0 Å². The van der Waals surface area contributed by atoms with Crippen molar-refractivity contribution in [2.45, 2.75) is 0 Å². The maximum atomic E-state index is 13.9.